The summed E-state index contributed by atoms with van der Waals surface area (Å²) >= 11 is 0. The van der Waals surface area contributed by atoms with E-state index in [4.69, 9.17) is 5.73 Å². The predicted molar refractivity (Wildman–Crippen MR) is 73.8 cm³/mol. The van der Waals surface area contributed by atoms with Gasteiger partial charge in [-0.25, -0.2) is 4.79 Å². The van der Waals surface area contributed by atoms with Gasteiger partial charge in [0, 0.05) is 24.0 Å². The second kappa shape index (κ2) is 5.24. The van der Waals surface area contributed by atoms with Crippen molar-refractivity contribution in [1.82, 2.24) is 9.13 Å². The van der Waals surface area contributed by atoms with Crippen molar-refractivity contribution in [3.05, 3.63) is 52.7 Å². The van der Waals surface area contributed by atoms with Crippen molar-refractivity contribution in [1.29, 1.82) is 0 Å². The molecular weight excluding hydrogens is 242 g/mol. The first-order chi connectivity index (χ1) is 9.04. The zero-order chi connectivity index (χ0) is 14.0. The van der Waals surface area contributed by atoms with Crippen LogP contribution in [0.5, 0.6) is 0 Å². The van der Waals surface area contributed by atoms with Crippen LogP contribution in [-0.4, -0.2) is 21.5 Å². The lowest BCUT2D eigenvalue weighted by molar-refractivity contribution is 0.100. The van der Waals surface area contributed by atoms with Crippen molar-refractivity contribution in [2.45, 2.75) is 19.9 Å². The van der Waals surface area contributed by atoms with Crippen LogP contribution in [0.2, 0.25) is 0 Å². The van der Waals surface area contributed by atoms with Crippen molar-refractivity contribution in [3.63, 3.8) is 0 Å². The van der Waals surface area contributed by atoms with Crippen molar-refractivity contribution in [3.8, 4) is 5.69 Å². The molecule has 5 nitrogen and oxygen atoms in total. The van der Waals surface area contributed by atoms with E-state index in [9.17, 15) is 9.59 Å². The summed E-state index contributed by atoms with van der Waals surface area (Å²) < 4.78 is 3.16. The Morgan fingerprint density at radius 1 is 1.32 bits per heavy atom. The third kappa shape index (κ3) is 2.51. The molecule has 0 aliphatic heterocycles. The van der Waals surface area contributed by atoms with Crippen molar-refractivity contribution in [2.75, 3.05) is 6.54 Å². The zero-order valence-electron chi connectivity index (χ0n) is 11.0. The molecule has 0 aliphatic rings. The third-order valence-corrected chi connectivity index (χ3v) is 2.99. The van der Waals surface area contributed by atoms with E-state index in [1.54, 1.807) is 41.2 Å². The molecule has 2 aromatic rings. The number of hydrogen-bond donors (Lipinski definition) is 1. The van der Waals surface area contributed by atoms with Crippen LogP contribution in [0.25, 0.3) is 5.69 Å². The van der Waals surface area contributed by atoms with Gasteiger partial charge in [-0.3, -0.25) is 13.9 Å². The maximum absolute atomic E-state index is 12.2. The van der Waals surface area contributed by atoms with E-state index >= 15 is 0 Å². The number of rotatable bonds is 4. The fraction of sp³-hybridized carbons (Fsp3) is 0.286. The Balaban J connectivity index is 2.48. The highest BCUT2D eigenvalue weighted by Crippen LogP contribution is 2.10. The summed E-state index contributed by atoms with van der Waals surface area (Å²) in [6, 6.07) is 7.02. The van der Waals surface area contributed by atoms with Gasteiger partial charge in [-0.15, -0.1) is 0 Å². The number of benzene rings is 1. The molecule has 0 saturated carbocycles. The van der Waals surface area contributed by atoms with Gasteiger partial charge in [0.1, 0.15) is 0 Å². The second-order valence-electron chi connectivity index (χ2n) is 4.63. The molecule has 2 rings (SSSR count). The van der Waals surface area contributed by atoms with Crippen LogP contribution in [0.3, 0.4) is 0 Å². The molecule has 2 N–H and O–H groups in total. The Morgan fingerprint density at radius 3 is 2.63 bits per heavy atom. The van der Waals surface area contributed by atoms with Crippen molar-refractivity contribution in [2.24, 2.45) is 5.73 Å². The second-order valence-corrected chi connectivity index (χ2v) is 4.63. The summed E-state index contributed by atoms with van der Waals surface area (Å²) in [7, 11) is 0. The number of aromatic nitrogens is 2. The maximum atomic E-state index is 12.2. The highest BCUT2D eigenvalue weighted by Gasteiger charge is 2.09. The molecule has 100 valence electrons. The molecule has 19 heavy (non-hydrogen) atoms. The molecule has 0 fully saturated rings. The molecule has 0 radical (unpaired) electrons. The first-order valence-corrected chi connectivity index (χ1v) is 6.17. The Bertz CT molecular complexity index is 653. The van der Waals surface area contributed by atoms with E-state index < -0.39 is 0 Å². The van der Waals surface area contributed by atoms with E-state index in [0.29, 0.717) is 11.3 Å². The molecule has 1 aromatic heterocycles. The SMILES string of the molecule is CC(C)n1ccn(-c2cccc(C(=O)CN)c2)c1=O. The molecule has 5 heteroatoms. The lowest BCUT2D eigenvalue weighted by Crippen LogP contribution is -2.24. The molecule has 0 atom stereocenters. The van der Waals surface area contributed by atoms with Crippen molar-refractivity contribution < 1.29 is 4.79 Å². The molecule has 0 spiro atoms. The number of hydrogen-bond acceptors (Lipinski definition) is 3. The van der Waals surface area contributed by atoms with Gasteiger partial charge >= 0.3 is 5.69 Å². The minimum Gasteiger partial charge on any atom is -0.324 e. The number of ketones is 1. The molecule has 0 bridgehead atoms. The first-order valence-electron chi connectivity index (χ1n) is 6.17. The first kappa shape index (κ1) is 13.3. The average molecular weight is 259 g/mol. The summed E-state index contributed by atoms with van der Waals surface area (Å²) in [5, 5.41) is 0. The summed E-state index contributed by atoms with van der Waals surface area (Å²) in [5.74, 6) is -0.141. The van der Waals surface area contributed by atoms with Gasteiger partial charge in [0.15, 0.2) is 5.78 Å². The Hall–Kier alpha value is -2.14. The molecule has 0 unspecified atom stereocenters. The topological polar surface area (TPSA) is 70.0 Å². The summed E-state index contributed by atoms with van der Waals surface area (Å²) in [4.78, 5) is 23.8. The number of carbonyl (C=O) groups is 1. The van der Waals surface area contributed by atoms with E-state index in [1.807, 2.05) is 13.8 Å². The standard InChI is InChI=1S/C14H17N3O2/c1-10(2)16-6-7-17(14(16)19)12-5-3-4-11(8-12)13(18)9-15/h3-8,10H,9,15H2,1-2H3. The molecule has 1 heterocycles. The van der Waals surface area contributed by atoms with Crippen LogP contribution in [-0.2, 0) is 0 Å². The largest absolute Gasteiger partial charge is 0.332 e. The van der Waals surface area contributed by atoms with E-state index in [0.717, 1.165) is 0 Å². The average Bonchev–Trinajstić information content (AvgIpc) is 2.80. The van der Waals surface area contributed by atoms with Crippen LogP contribution in [0.1, 0.15) is 30.2 Å². The lowest BCUT2D eigenvalue weighted by Gasteiger charge is -2.06. The van der Waals surface area contributed by atoms with Crippen LogP contribution in [0.15, 0.2) is 41.5 Å². The normalized spacial score (nSPS) is 10.9. The smallest absolute Gasteiger partial charge is 0.324 e. The van der Waals surface area contributed by atoms with Gasteiger partial charge in [0.25, 0.3) is 0 Å². The summed E-state index contributed by atoms with van der Waals surface area (Å²) in [5.41, 5.74) is 6.41. The van der Waals surface area contributed by atoms with Gasteiger partial charge < -0.3 is 5.73 Å². The van der Waals surface area contributed by atoms with Gasteiger partial charge in [0.2, 0.25) is 0 Å². The van der Waals surface area contributed by atoms with Gasteiger partial charge in [-0.05, 0) is 26.0 Å². The van der Waals surface area contributed by atoms with Crippen LogP contribution in [0.4, 0.5) is 0 Å². The van der Waals surface area contributed by atoms with E-state index in [2.05, 4.69) is 0 Å². The number of imidazole rings is 1. The number of nitrogens with two attached hydrogens (primary N) is 1. The predicted octanol–water partition coefficient (Wildman–Crippen LogP) is 1.36. The quantitative estimate of drug-likeness (QED) is 0.843. The fourth-order valence-corrected chi connectivity index (χ4v) is 1.93. The van der Waals surface area contributed by atoms with Crippen molar-refractivity contribution >= 4 is 5.78 Å². The molecule has 0 amide bonds. The lowest BCUT2D eigenvalue weighted by atomic mass is 10.1. The highest BCUT2D eigenvalue weighted by atomic mass is 16.1. The zero-order valence-corrected chi connectivity index (χ0v) is 11.0. The number of Topliss-reactive ketones (excluding diaryl/α,β-unsaturated/α-hetero) is 1. The molecule has 0 saturated heterocycles. The highest BCUT2D eigenvalue weighted by molar-refractivity contribution is 5.97. The van der Waals surface area contributed by atoms with Gasteiger partial charge in [0.05, 0.1) is 12.2 Å². The summed E-state index contributed by atoms with van der Waals surface area (Å²) in [6.07, 6.45) is 3.44. The maximum Gasteiger partial charge on any atom is 0.332 e. The molecular formula is C14H17N3O2. The van der Waals surface area contributed by atoms with Crippen LogP contribution < -0.4 is 11.4 Å². The number of carbonyl (C=O) groups excluding carboxylic acids is 1. The monoisotopic (exact) mass is 259 g/mol. The van der Waals surface area contributed by atoms with Gasteiger partial charge in [-0.1, -0.05) is 12.1 Å². The summed E-state index contributed by atoms with van der Waals surface area (Å²) in [6.45, 7) is 3.85. The Kier molecular flexibility index (Phi) is 3.66. The van der Waals surface area contributed by atoms with E-state index in [1.165, 1.54) is 4.57 Å². The third-order valence-electron chi connectivity index (χ3n) is 2.99. The van der Waals surface area contributed by atoms with Crippen LogP contribution in [0, 0.1) is 0 Å². The molecule has 0 aliphatic carbocycles. The Morgan fingerprint density at radius 2 is 2.05 bits per heavy atom. The minimum absolute atomic E-state index is 0.0364. The molecule has 1 aromatic carbocycles. The Labute approximate surface area is 111 Å². The van der Waals surface area contributed by atoms with Gasteiger partial charge in [-0.2, -0.15) is 0 Å². The van der Waals surface area contributed by atoms with Crippen LogP contribution >= 0.6 is 0 Å². The number of nitrogens with zero attached hydrogens (tertiary/aromatic N) is 2. The fourth-order valence-electron chi connectivity index (χ4n) is 1.93. The minimum atomic E-state index is -0.141. The van der Waals surface area contributed by atoms with E-state index in [-0.39, 0.29) is 24.1 Å².